The Hall–Kier alpha value is -1.02. The van der Waals surface area contributed by atoms with E-state index in [1.807, 2.05) is 12.2 Å². The predicted molar refractivity (Wildman–Crippen MR) is 135 cm³/mol. The molecule has 0 saturated carbocycles. The van der Waals surface area contributed by atoms with E-state index in [0.29, 0.717) is 18.8 Å². The zero-order chi connectivity index (χ0) is 24.1. The second-order valence-electron chi connectivity index (χ2n) is 10.3. The molecular weight excluding hydrogens is 420 g/mol. The molecule has 6 heteroatoms. The third-order valence-electron chi connectivity index (χ3n) is 5.49. The standard InChI is InChI=1S/C26H46O5Si/c1-8-25(27)26(28)14-10-11-22(30-19-29-4)16-20(2)15-21(3)17-23-12-9-13-24(31-23)18-32(5,6)7/h8-11,13,21-28H,1-2,12,14-19H2,3-7H3/b11-10+/t21?,22?,23-,24?,25?,26?/m0/s1. The summed E-state index contributed by atoms with van der Waals surface area (Å²) in [7, 11) is 0.441. The summed E-state index contributed by atoms with van der Waals surface area (Å²) in [6.45, 7) is 17.4. The molecule has 0 bridgehead atoms. The number of hydrogen-bond donors (Lipinski definition) is 2. The Kier molecular flexibility index (Phi) is 13.6. The molecule has 0 aliphatic carbocycles. The number of aliphatic hydroxyl groups is 2. The van der Waals surface area contributed by atoms with E-state index in [1.165, 1.54) is 12.1 Å². The lowest BCUT2D eigenvalue weighted by Gasteiger charge is -2.31. The van der Waals surface area contributed by atoms with Crippen LogP contribution in [0.25, 0.3) is 0 Å². The van der Waals surface area contributed by atoms with Crippen LogP contribution < -0.4 is 0 Å². The van der Waals surface area contributed by atoms with Gasteiger partial charge in [-0.15, -0.1) is 6.58 Å². The fourth-order valence-electron chi connectivity index (χ4n) is 4.00. The van der Waals surface area contributed by atoms with Crippen LogP contribution in [0.15, 0.2) is 49.1 Å². The van der Waals surface area contributed by atoms with E-state index in [2.05, 4.69) is 51.9 Å². The Bertz CT molecular complexity index is 610. The van der Waals surface area contributed by atoms with Gasteiger partial charge in [-0.25, -0.2) is 0 Å². The Labute approximate surface area is 196 Å². The molecule has 0 aromatic heterocycles. The van der Waals surface area contributed by atoms with Gasteiger partial charge in [0.25, 0.3) is 0 Å². The Balaban J connectivity index is 2.51. The molecular formula is C26H46O5Si. The highest BCUT2D eigenvalue weighted by atomic mass is 28.3. The molecule has 6 atom stereocenters. The van der Waals surface area contributed by atoms with Crippen molar-refractivity contribution in [3.8, 4) is 0 Å². The zero-order valence-electron chi connectivity index (χ0n) is 20.8. The summed E-state index contributed by atoms with van der Waals surface area (Å²) in [5.74, 6) is 0.475. The summed E-state index contributed by atoms with van der Waals surface area (Å²) in [6.07, 6.45) is 12.1. The second kappa shape index (κ2) is 15.0. The number of ether oxygens (including phenoxy) is 3. The molecule has 32 heavy (non-hydrogen) atoms. The van der Waals surface area contributed by atoms with E-state index in [0.717, 1.165) is 24.8 Å². The smallest absolute Gasteiger partial charge is 0.147 e. The van der Waals surface area contributed by atoms with Crippen molar-refractivity contribution in [3.05, 3.63) is 49.1 Å². The van der Waals surface area contributed by atoms with Gasteiger partial charge in [-0.05, 0) is 44.1 Å². The molecule has 0 spiro atoms. The van der Waals surface area contributed by atoms with Crippen LogP contribution in [0.2, 0.25) is 25.7 Å². The molecule has 0 amide bonds. The number of aliphatic hydroxyl groups excluding tert-OH is 2. The van der Waals surface area contributed by atoms with Crippen molar-refractivity contribution in [2.24, 2.45) is 5.92 Å². The first kappa shape index (κ1) is 29.0. The molecule has 0 radical (unpaired) electrons. The first-order chi connectivity index (χ1) is 15.0. The topological polar surface area (TPSA) is 68.2 Å². The van der Waals surface area contributed by atoms with Crippen molar-refractivity contribution in [2.75, 3.05) is 13.9 Å². The molecule has 0 fully saturated rings. The molecule has 1 aliphatic heterocycles. The molecule has 5 unspecified atom stereocenters. The van der Waals surface area contributed by atoms with Crippen molar-refractivity contribution < 1.29 is 24.4 Å². The SMILES string of the molecule is C=CC(O)C(O)C/C=C/C(CC(=C)CC(C)C[C@@H]1CC=CC(C[Si](C)(C)C)O1)OCOC. The van der Waals surface area contributed by atoms with Gasteiger partial charge in [-0.2, -0.15) is 0 Å². The zero-order valence-corrected chi connectivity index (χ0v) is 21.8. The largest absolute Gasteiger partial charge is 0.390 e. The Morgan fingerprint density at radius 3 is 2.62 bits per heavy atom. The Morgan fingerprint density at radius 1 is 1.28 bits per heavy atom. The fourth-order valence-corrected chi connectivity index (χ4v) is 5.44. The first-order valence-electron chi connectivity index (χ1n) is 11.8. The quantitative estimate of drug-likeness (QED) is 0.185. The van der Waals surface area contributed by atoms with Crippen molar-refractivity contribution in [1.82, 2.24) is 0 Å². The summed E-state index contributed by atoms with van der Waals surface area (Å²) in [6, 6.07) is 1.17. The van der Waals surface area contributed by atoms with Crippen LogP contribution in [0.3, 0.4) is 0 Å². The van der Waals surface area contributed by atoms with Gasteiger partial charge in [0.05, 0.1) is 30.5 Å². The minimum absolute atomic E-state index is 0.183. The van der Waals surface area contributed by atoms with Crippen molar-refractivity contribution in [2.45, 2.75) is 95.2 Å². The molecule has 1 rings (SSSR count). The Morgan fingerprint density at radius 2 is 2.00 bits per heavy atom. The molecule has 184 valence electrons. The van der Waals surface area contributed by atoms with E-state index in [-0.39, 0.29) is 25.1 Å². The third-order valence-corrected chi connectivity index (χ3v) is 7.11. The highest BCUT2D eigenvalue weighted by Gasteiger charge is 2.25. The number of rotatable bonds is 16. The van der Waals surface area contributed by atoms with E-state index in [9.17, 15) is 10.2 Å². The van der Waals surface area contributed by atoms with Gasteiger partial charge >= 0.3 is 0 Å². The summed E-state index contributed by atoms with van der Waals surface area (Å²) < 4.78 is 17.2. The average Bonchev–Trinajstić information content (AvgIpc) is 2.69. The molecule has 5 nitrogen and oxygen atoms in total. The van der Waals surface area contributed by atoms with Crippen LogP contribution >= 0.6 is 0 Å². The van der Waals surface area contributed by atoms with Gasteiger partial charge in [-0.1, -0.05) is 69.1 Å². The number of methoxy groups -OCH3 is 1. The molecule has 0 aromatic rings. The summed E-state index contributed by atoms with van der Waals surface area (Å²) in [5.41, 5.74) is 1.12. The first-order valence-corrected chi connectivity index (χ1v) is 15.5. The van der Waals surface area contributed by atoms with Crippen LogP contribution in [0.1, 0.15) is 39.0 Å². The second-order valence-corrected chi connectivity index (χ2v) is 15.8. The maximum atomic E-state index is 9.87. The highest BCUT2D eigenvalue weighted by Crippen LogP contribution is 2.27. The van der Waals surface area contributed by atoms with Crippen LogP contribution in [0.5, 0.6) is 0 Å². The maximum Gasteiger partial charge on any atom is 0.147 e. The molecule has 0 aromatic carbocycles. The molecule has 1 aliphatic rings. The van der Waals surface area contributed by atoms with Gasteiger partial charge in [0.1, 0.15) is 6.79 Å². The summed E-state index contributed by atoms with van der Waals surface area (Å²) in [5, 5.41) is 19.5. The maximum absolute atomic E-state index is 9.87. The average molecular weight is 467 g/mol. The molecule has 0 saturated heterocycles. The monoisotopic (exact) mass is 466 g/mol. The van der Waals surface area contributed by atoms with Crippen molar-refractivity contribution in [3.63, 3.8) is 0 Å². The lowest BCUT2D eigenvalue weighted by atomic mass is 9.91. The fraction of sp³-hybridized carbons (Fsp3) is 0.692. The van der Waals surface area contributed by atoms with Gasteiger partial charge in [0.2, 0.25) is 0 Å². The van der Waals surface area contributed by atoms with Gasteiger partial charge in [0, 0.05) is 15.2 Å². The number of hydrogen-bond acceptors (Lipinski definition) is 5. The van der Waals surface area contributed by atoms with E-state index in [1.54, 1.807) is 7.11 Å². The summed E-state index contributed by atoms with van der Waals surface area (Å²) in [4.78, 5) is 0. The highest BCUT2D eigenvalue weighted by molar-refractivity contribution is 6.76. The van der Waals surface area contributed by atoms with Crippen LogP contribution in [-0.4, -0.2) is 62.7 Å². The van der Waals surface area contributed by atoms with Gasteiger partial charge in [0.15, 0.2) is 0 Å². The molecule has 1 heterocycles. The minimum Gasteiger partial charge on any atom is -0.390 e. The van der Waals surface area contributed by atoms with Crippen LogP contribution in [0, 0.1) is 5.92 Å². The van der Waals surface area contributed by atoms with Gasteiger partial charge < -0.3 is 24.4 Å². The van der Waals surface area contributed by atoms with Crippen LogP contribution in [-0.2, 0) is 14.2 Å². The van der Waals surface area contributed by atoms with E-state index < -0.39 is 20.3 Å². The third kappa shape index (κ3) is 12.9. The normalized spacial score (nSPS) is 23.1. The van der Waals surface area contributed by atoms with Crippen molar-refractivity contribution >= 4 is 8.07 Å². The van der Waals surface area contributed by atoms with E-state index in [4.69, 9.17) is 14.2 Å². The van der Waals surface area contributed by atoms with E-state index >= 15 is 0 Å². The molecule has 2 N–H and O–H groups in total. The predicted octanol–water partition coefficient (Wildman–Crippen LogP) is 5.24. The van der Waals surface area contributed by atoms with Crippen molar-refractivity contribution in [1.29, 1.82) is 0 Å². The van der Waals surface area contributed by atoms with Crippen LogP contribution in [0.4, 0.5) is 0 Å². The van der Waals surface area contributed by atoms with Gasteiger partial charge in [-0.3, -0.25) is 0 Å². The lowest BCUT2D eigenvalue weighted by molar-refractivity contribution is -0.0553. The minimum atomic E-state index is -1.15. The summed E-state index contributed by atoms with van der Waals surface area (Å²) >= 11 is 0. The lowest BCUT2D eigenvalue weighted by Crippen LogP contribution is -2.32.